The normalized spacial score (nSPS) is 10.7. The molecule has 0 aliphatic rings. The first-order valence-electron chi connectivity index (χ1n) is 5.45. The first-order chi connectivity index (χ1) is 9.00. The lowest BCUT2D eigenvalue weighted by Gasteiger charge is -2.10. The van der Waals surface area contributed by atoms with E-state index in [1.165, 1.54) is 13.1 Å². The Morgan fingerprint density at radius 2 is 2.05 bits per heavy atom. The highest BCUT2D eigenvalue weighted by molar-refractivity contribution is 5.91. The van der Waals surface area contributed by atoms with Gasteiger partial charge in [-0.1, -0.05) is 6.07 Å². The second kappa shape index (κ2) is 5.09. The van der Waals surface area contributed by atoms with Crippen LogP contribution >= 0.6 is 0 Å². The van der Waals surface area contributed by atoms with Gasteiger partial charge in [-0.3, -0.25) is 9.97 Å². The van der Waals surface area contributed by atoms with E-state index >= 15 is 0 Å². The summed E-state index contributed by atoms with van der Waals surface area (Å²) in [6, 6.07) is 6.09. The zero-order chi connectivity index (χ0) is 14.0. The first-order valence-corrected chi connectivity index (χ1v) is 5.45. The molecule has 2 aromatic heterocycles. The Labute approximate surface area is 107 Å². The second-order valence-electron chi connectivity index (χ2n) is 3.88. The van der Waals surface area contributed by atoms with Crippen molar-refractivity contribution in [3.05, 3.63) is 47.3 Å². The summed E-state index contributed by atoms with van der Waals surface area (Å²) in [4.78, 5) is 19.0. The number of carboxylic acids is 1. The highest BCUT2D eigenvalue weighted by Crippen LogP contribution is 2.28. The molecule has 0 unspecified atom stereocenters. The molecule has 6 heteroatoms. The number of aromatic carboxylic acids is 1. The van der Waals surface area contributed by atoms with Crippen LogP contribution in [0.15, 0.2) is 30.5 Å². The summed E-state index contributed by atoms with van der Waals surface area (Å²) in [5.74, 6) is -1.41. The van der Waals surface area contributed by atoms with Crippen LogP contribution in [0.1, 0.15) is 28.0 Å². The summed E-state index contributed by atoms with van der Waals surface area (Å²) >= 11 is 0. The van der Waals surface area contributed by atoms with Gasteiger partial charge in [-0.25, -0.2) is 13.6 Å². The Morgan fingerprint density at radius 3 is 2.58 bits per heavy atom. The number of carboxylic acid groups (broad SMARTS) is 1. The third kappa shape index (κ3) is 2.57. The van der Waals surface area contributed by atoms with Crippen LogP contribution in [0.4, 0.5) is 8.78 Å². The molecule has 98 valence electrons. The summed E-state index contributed by atoms with van der Waals surface area (Å²) in [6.07, 6.45) is -1.37. The Bertz CT molecular complexity index is 616. The number of hydrogen-bond donors (Lipinski definition) is 1. The minimum Gasteiger partial charge on any atom is -0.478 e. The molecule has 0 aromatic carbocycles. The summed E-state index contributed by atoms with van der Waals surface area (Å²) in [6.45, 7) is 1.39. The fraction of sp³-hybridized carbons (Fsp3) is 0.154. The van der Waals surface area contributed by atoms with Crippen LogP contribution in [-0.2, 0) is 0 Å². The Balaban J connectivity index is 2.65. The van der Waals surface area contributed by atoms with Gasteiger partial charge in [-0.2, -0.15) is 0 Å². The first kappa shape index (κ1) is 13.1. The van der Waals surface area contributed by atoms with Gasteiger partial charge in [-0.05, 0) is 25.1 Å². The van der Waals surface area contributed by atoms with E-state index in [1.54, 1.807) is 18.2 Å². The molecule has 0 atom stereocenters. The molecule has 19 heavy (non-hydrogen) atoms. The fourth-order valence-corrected chi connectivity index (χ4v) is 1.79. The summed E-state index contributed by atoms with van der Waals surface area (Å²) in [5.41, 5.74) is -0.288. The van der Waals surface area contributed by atoms with Gasteiger partial charge in [0.05, 0.1) is 22.6 Å². The molecule has 0 bridgehead atoms. The molecule has 4 nitrogen and oxygen atoms in total. The predicted octanol–water partition coefficient (Wildman–Crippen LogP) is 3.09. The number of alkyl halides is 2. The smallest absolute Gasteiger partial charge is 0.338 e. The Kier molecular flexibility index (Phi) is 3.50. The minimum absolute atomic E-state index is 0.0472. The van der Waals surface area contributed by atoms with E-state index in [2.05, 4.69) is 9.97 Å². The summed E-state index contributed by atoms with van der Waals surface area (Å²) in [5, 5.41) is 8.97. The van der Waals surface area contributed by atoms with Gasteiger partial charge in [-0.15, -0.1) is 0 Å². The lowest BCUT2D eigenvalue weighted by atomic mass is 10.0. The van der Waals surface area contributed by atoms with Crippen molar-refractivity contribution in [3.63, 3.8) is 0 Å². The van der Waals surface area contributed by atoms with Crippen molar-refractivity contribution in [1.82, 2.24) is 9.97 Å². The zero-order valence-corrected chi connectivity index (χ0v) is 9.97. The predicted molar refractivity (Wildman–Crippen MR) is 64.1 cm³/mol. The van der Waals surface area contributed by atoms with Crippen molar-refractivity contribution in [2.45, 2.75) is 13.3 Å². The Hall–Kier alpha value is -2.37. The molecule has 0 spiro atoms. The van der Waals surface area contributed by atoms with Crippen molar-refractivity contribution in [2.75, 3.05) is 0 Å². The lowest BCUT2D eigenvalue weighted by Crippen LogP contribution is -2.08. The highest BCUT2D eigenvalue weighted by atomic mass is 19.3. The van der Waals surface area contributed by atoms with E-state index in [0.29, 0.717) is 5.69 Å². The highest BCUT2D eigenvalue weighted by Gasteiger charge is 2.22. The average molecular weight is 264 g/mol. The van der Waals surface area contributed by atoms with Crippen molar-refractivity contribution in [3.8, 4) is 11.4 Å². The maximum atomic E-state index is 13.0. The van der Waals surface area contributed by atoms with Gasteiger partial charge in [0.25, 0.3) is 6.43 Å². The van der Waals surface area contributed by atoms with Crippen LogP contribution in [-0.4, -0.2) is 21.0 Å². The quantitative estimate of drug-likeness (QED) is 0.925. The van der Waals surface area contributed by atoms with Crippen LogP contribution in [0.5, 0.6) is 0 Å². The average Bonchev–Trinajstić information content (AvgIpc) is 2.38. The second-order valence-corrected chi connectivity index (χ2v) is 3.88. The van der Waals surface area contributed by atoms with Crippen LogP contribution in [0.2, 0.25) is 0 Å². The molecular weight excluding hydrogens is 254 g/mol. The van der Waals surface area contributed by atoms with E-state index in [0.717, 1.165) is 6.07 Å². The third-order valence-electron chi connectivity index (χ3n) is 2.61. The monoisotopic (exact) mass is 264 g/mol. The molecule has 0 saturated carbocycles. The molecule has 1 N–H and O–H groups in total. The molecular formula is C13H10F2N2O2. The van der Waals surface area contributed by atoms with Gasteiger partial charge in [0.1, 0.15) is 0 Å². The van der Waals surface area contributed by atoms with Crippen molar-refractivity contribution < 1.29 is 18.7 Å². The number of rotatable bonds is 3. The Morgan fingerprint density at radius 1 is 1.32 bits per heavy atom. The van der Waals surface area contributed by atoms with Crippen LogP contribution in [0.25, 0.3) is 11.4 Å². The van der Waals surface area contributed by atoms with Crippen LogP contribution in [0.3, 0.4) is 0 Å². The molecule has 2 rings (SSSR count). The number of aryl methyl sites for hydroxylation is 1. The molecule has 2 aromatic rings. The molecule has 0 aliphatic heterocycles. The van der Waals surface area contributed by atoms with Crippen molar-refractivity contribution in [1.29, 1.82) is 0 Å². The number of carbonyl (C=O) groups is 1. The van der Waals surface area contributed by atoms with Crippen molar-refractivity contribution in [2.24, 2.45) is 0 Å². The zero-order valence-electron chi connectivity index (χ0n) is 9.97. The number of pyridine rings is 2. The van der Waals surface area contributed by atoms with Crippen molar-refractivity contribution >= 4 is 5.97 Å². The standard InChI is InChI=1S/C13H10F2N2O2/c1-7-11(13(18)19)8(12(14)15)6-10(17-7)9-4-2-3-5-16-9/h2-6,12H,1H3,(H,18,19). The van der Waals surface area contributed by atoms with E-state index in [-0.39, 0.29) is 11.4 Å². The fourth-order valence-electron chi connectivity index (χ4n) is 1.79. The number of hydrogen-bond acceptors (Lipinski definition) is 3. The van der Waals surface area contributed by atoms with Gasteiger partial charge in [0.2, 0.25) is 0 Å². The number of halogens is 2. The van der Waals surface area contributed by atoms with E-state index in [1.807, 2.05) is 0 Å². The van der Waals surface area contributed by atoms with Gasteiger partial charge in [0.15, 0.2) is 0 Å². The largest absolute Gasteiger partial charge is 0.478 e. The van der Waals surface area contributed by atoms with E-state index in [9.17, 15) is 13.6 Å². The van der Waals surface area contributed by atoms with Gasteiger partial charge in [0, 0.05) is 11.8 Å². The van der Waals surface area contributed by atoms with Crippen LogP contribution < -0.4 is 0 Å². The van der Waals surface area contributed by atoms with Gasteiger partial charge >= 0.3 is 5.97 Å². The SMILES string of the molecule is Cc1nc(-c2ccccn2)cc(C(F)F)c1C(=O)O. The molecule has 0 saturated heterocycles. The third-order valence-corrected chi connectivity index (χ3v) is 2.61. The van der Waals surface area contributed by atoms with E-state index < -0.39 is 23.5 Å². The molecule has 0 aliphatic carbocycles. The van der Waals surface area contributed by atoms with Gasteiger partial charge < -0.3 is 5.11 Å². The molecule has 0 fully saturated rings. The summed E-state index contributed by atoms with van der Waals surface area (Å²) in [7, 11) is 0. The van der Waals surface area contributed by atoms with E-state index in [4.69, 9.17) is 5.11 Å². The number of nitrogens with zero attached hydrogens (tertiary/aromatic N) is 2. The topological polar surface area (TPSA) is 63.1 Å². The summed E-state index contributed by atoms with van der Waals surface area (Å²) < 4.78 is 25.9. The minimum atomic E-state index is -2.88. The molecule has 2 heterocycles. The lowest BCUT2D eigenvalue weighted by molar-refractivity contribution is 0.0683. The molecule has 0 radical (unpaired) electrons. The maximum Gasteiger partial charge on any atom is 0.338 e. The number of aromatic nitrogens is 2. The van der Waals surface area contributed by atoms with Crippen LogP contribution in [0, 0.1) is 6.92 Å². The maximum absolute atomic E-state index is 13.0. The molecule has 0 amide bonds.